The van der Waals surface area contributed by atoms with E-state index in [0.717, 1.165) is 30.7 Å². The largest absolute Gasteiger partial charge is 0.356 e. The molecular weight excluding hydrogens is 427 g/mol. The first-order valence-corrected chi connectivity index (χ1v) is 8.57. The van der Waals surface area contributed by atoms with Crippen LogP contribution in [-0.4, -0.2) is 34.3 Å². The third kappa shape index (κ3) is 7.85. The Bertz CT molecular complexity index is 607. The Morgan fingerprint density at radius 2 is 1.92 bits per heavy atom. The van der Waals surface area contributed by atoms with Gasteiger partial charge in [0.05, 0.1) is 5.69 Å². The summed E-state index contributed by atoms with van der Waals surface area (Å²) in [7, 11) is 1.80. The summed E-state index contributed by atoms with van der Waals surface area (Å²) in [5.74, 6) is 1.63. The van der Waals surface area contributed by atoms with Crippen molar-refractivity contribution in [2.75, 3.05) is 13.6 Å². The average molecular weight is 456 g/mol. The first-order chi connectivity index (χ1) is 11.7. The molecule has 0 atom stereocenters. The van der Waals surface area contributed by atoms with E-state index in [9.17, 15) is 0 Å². The van der Waals surface area contributed by atoms with Gasteiger partial charge in [0, 0.05) is 20.1 Å². The Balaban J connectivity index is 0.00000312. The number of hydrogen-bond donors (Lipinski definition) is 2. The van der Waals surface area contributed by atoms with Crippen LogP contribution in [0, 0.1) is 5.92 Å². The number of halogens is 1. The highest BCUT2D eigenvalue weighted by Crippen LogP contribution is 2.08. The molecule has 1 heterocycles. The zero-order chi connectivity index (χ0) is 17.2. The molecule has 2 aromatic rings. The van der Waals surface area contributed by atoms with E-state index >= 15 is 0 Å². The Labute approximate surface area is 167 Å². The fraction of sp³-hybridized carbons (Fsp3) is 0.500. The molecule has 0 radical (unpaired) electrons. The van der Waals surface area contributed by atoms with Crippen molar-refractivity contribution in [3.63, 3.8) is 0 Å². The molecular formula is C18H29IN6. The molecule has 1 aromatic carbocycles. The lowest BCUT2D eigenvalue weighted by atomic mass is 10.1. The molecule has 6 nitrogen and oxygen atoms in total. The number of nitrogens with zero attached hydrogens (tertiary/aromatic N) is 4. The van der Waals surface area contributed by atoms with E-state index in [2.05, 4.69) is 51.7 Å². The topological polar surface area (TPSA) is 67.1 Å². The van der Waals surface area contributed by atoms with Crippen LogP contribution in [0.2, 0.25) is 0 Å². The highest BCUT2D eigenvalue weighted by Gasteiger charge is 2.01. The zero-order valence-electron chi connectivity index (χ0n) is 15.3. The summed E-state index contributed by atoms with van der Waals surface area (Å²) in [6.07, 6.45) is 6.94. The molecule has 0 fully saturated rings. The van der Waals surface area contributed by atoms with Crippen molar-refractivity contribution in [2.45, 2.75) is 39.7 Å². The van der Waals surface area contributed by atoms with Crippen molar-refractivity contribution in [1.29, 1.82) is 0 Å². The van der Waals surface area contributed by atoms with Gasteiger partial charge < -0.3 is 10.6 Å². The first kappa shape index (κ1) is 21.4. The molecule has 7 heteroatoms. The summed E-state index contributed by atoms with van der Waals surface area (Å²) in [5, 5.41) is 10.8. The van der Waals surface area contributed by atoms with Gasteiger partial charge in [0.2, 0.25) is 0 Å². The van der Waals surface area contributed by atoms with Crippen LogP contribution in [0.25, 0.3) is 5.69 Å². The van der Waals surface area contributed by atoms with Crippen LogP contribution in [-0.2, 0) is 6.54 Å². The fourth-order valence-electron chi connectivity index (χ4n) is 2.40. The minimum atomic E-state index is 0. The smallest absolute Gasteiger partial charge is 0.191 e. The van der Waals surface area contributed by atoms with Gasteiger partial charge >= 0.3 is 0 Å². The standard InChI is InChI=1S/C18H28N6.HI/c1-15(2)6-4-5-11-21-18(19-3)22-12-16-7-9-17(10-8-16)24-14-20-13-23-24;/h7-10,13-15H,4-6,11-12H2,1-3H3,(H2,19,21,22);1H. The van der Waals surface area contributed by atoms with Crippen molar-refractivity contribution in [3.8, 4) is 5.69 Å². The SMILES string of the molecule is CN=C(NCCCCC(C)C)NCc1ccc(-n2cncn2)cc1.I. The van der Waals surface area contributed by atoms with Gasteiger partial charge in [-0.15, -0.1) is 24.0 Å². The van der Waals surface area contributed by atoms with Gasteiger partial charge in [-0.25, -0.2) is 9.67 Å². The van der Waals surface area contributed by atoms with E-state index < -0.39 is 0 Å². The Morgan fingerprint density at radius 3 is 2.52 bits per heavy atom. The molecule has 0 unspecified atom stereocenters. The molecule has 0 aliphatic carbocycles. The summed E-state index contributed by atoms with van der Waals surface area (Å²) in [5.41, 5.74) is 2.20. The van der Waals surface area contributed by atoms with E-state index in [1.807, 2.05) is 12.1 Å². The number of aromatic nitrogens is 3. The number of rotatable bonds is 8. The summed E-state index contributed by atoms with van der Waals surface area (Å²) in [6.45, 7) is 6.23. The number of benzene rings is 1. The number of aliphatic imine (C=N–C) groups is 1. The zero-order valence-corrected chi connectivity index (χ0v) is 17.6. The molecule has 2 rings (SSSR count). The van der Waals surface area contributed by atoms with Gasteiger partial charge in [0.25, 0.3) is 0 Å². The second-order valence-electron chi connectivity index (χ2n) is 6.25. The monoisotopic (exact) mass is 456 g/mol. The normalized spacial score (nSPS) is 11.3. The van der Waals surface area contributed by atoms with Crippen molar-refractivity contribution >= 4 is 29.9 Å². The lowest BCUT2D eigenvalue weighted by molar-refractivity contribution is 0.534. The molecule has 2 N–H and O–H groups in total. The summed E-state index contributed by atoms with van der Waals surface area (Å²) in [6, 6.07) is 8.24. The molecule has 1 aromatic heterocycles. The van der Waals surface area contributed by atoms with Crippen LogP contribution >= 0.6 is 24.0 Å². The van der Waals surface area contributed by atoms with E-state index in [1.165, 1.54) is 31.2 Å². The second-order valence-corrected chi connectivity index (χ2v) is 6.25. The summed E-state index contributed by atoms with van der Waals surface area (Å²) >= 11 is 0. The minimum Gasteiger partial charge on any atom is -0.356 e. The molecule has 138 valence electrons. The lowest BCUT2D eigenvalue weighted by Crippen LogP contribution is -2.37. The van der Waals surface area contributed by atoms with Crippen molar-refractivity contribution in [3.05, 3.63) is 42.5 Å². The van der Waals surface area contributed by atoms with Gasteiger partial charge in [0.15, 0.2) is 5.96 Å². The third-order valence-corrected chi connectivity index (χ3v) is 3.80. The fourth-order valence-corrected chi connectivity index (χ4v) is 2.40. The van der Waals surface area contributed by atoms with Crippen LogP contribution in [0.15, 0.2) is 41.9 Å². The van der Waals surface area contributed by atoms with Crippen molar-refractivity contribution < 1.29 is 0 Å². The maximum Gasteiger partial charge on any atom is 0.191 e. The van der Waals surface area contributed by atoms with Gasteiger partial charge in [-0.2, -0.15) is 5.10 Å². The molecule has 0 aliphatic rings. The molecule has 0 bridgehead atoms. The van der Waals surface area contributed by atoms with Gasteiger partial charge in [0.1, 0.15) is 12.7 Å². The number of guanidine groups is 1. The maximum atomic E-state index is 4.27. The second kappa shape index (κ2) is 11.8. The number of unbranched alkanes of at least 4 members (excludes halogenated alkanes) is 1. The van der Waals surface area contributed by atoms with Crippen LogP contribution in [0.4, 0.5) is 0 Å². The van der Waals surface area contributed by atoms with Gasteiger partial charge in [-0.05, 0) is 30.0 Å². The Hall–Kier alpha value is -1.64. The van der Waals surface area contributed by atoms with E-state index in [1.54, 1.807) is 18.1 Å². The van der Waals surface area contributed by atoms with E-state index in [4.69, 9.17) is 0 Å². The quantitative estimate of drug-likeness (QED) is 0.277. The highest BCUT2D eigenvalue weighted by molar-refractivity contribution is 14.0. The van der Waals surface area contributed by atoms with E-state index in [0.29, 0.717) is 0 Å². The molecule has 0 amide bonds. The Morgan fingerprint density at radius 1 is 1.16 bits per heavy atom. The molecule has 25 heavy (non-hydrogen) atoms. The third-order valence-electron chi connectivity index (χ3n) is 3.80. The maximum absolute atomic E-state index is 4.27. The summed E-state index contributed by atoms with van der Waals surface area (Å²) in [4.78, 5) is 8.22. The molecule has 0 spiro atoms. The van der Waals surface area contributed by atoms with Crippen LogP contribution in [0.5, 0.6) is 0 Å². The van der Waals surface area contributed by atoms with Crippen LogP contribution < -0.4 is 10.6 Å². The molecule has 0 saturated carbocycles. The number of hydrogen-bond acceptors (Lipinski definition) is 3. The first-order valence-electron chi connectivity index (χ1n) is 8.57. The van der Waals surface area contributed by atoms with Gasteiger partial charge in [-0.1, -0.05) is 38.8 Å². The predicted octanol–water partition coefficient (Wildman–Crippen LogP) is 3.38. The Kier molecular flexibility index (Phi) is 10.1. The summed E-state index contributed by atoms with van der Waals surface area (Å²) < 4.78 is 1.74. The van der Waals surface area contributed by atoms with Gasteiger partial charge in [-0.3, -0.25) is 4.99 Å². The van der Waals surface area contributed by atoms with Crippen molar-refractivity contribution in [1.82, 2.24) is 25.4 Å². The highest BCUT2D eigenvalue weighted by atomic mass is 127. The predicted molar refractivity (Wildman–Crippen MR) is 114 cm³/mol. The van der Waals surface area contributed by atoms with E-state index in [-0.39, 0.29) is 24.0 Å². The average Bonchev–Trinajstić information content (AvgIpc) is 3.12. The minimum absolute atomic E-state index is 0. The lowest BCUT2D eigenvalue weighted by Gasteiger charge is -2.12. The van der Waals surface area contributed by atoms with Crippen LogP contribution in [0.1, 0.15) is 38.7 Å². The molecule has 0 saturated heterocycles. The van der Waals surface area contributed by atoms with Crippen molar-refractivity contribution in [2.24, 2.45) is 10.9 Å². The number of nitrogens with one attached hydrogen (secondary N) is 2. The van der Waals surface area contributed by atoms with Crippen LogP contribution in [0.3, 0.4) is 0 Å². The molecule has 0 aliphatic heterocycles.